The maximum Gasteiger partial charge on any atom is 0.240 e. The van der Waals surface area contributed by atoms with Gasteiger partial charge >= 0.3 is 0 Å². The van der Waals surface area contributed by atoms with Crippen molar-refractivity contribution >= 4 is 11.8 Å². The number of hydrogen-bond donors (Lipinski definition) is 2. The lowest BCUT2D eigenvalue weighted by Gasteiger charge is -2.27. The van der Waals surface area contributed by atoms with E-state index >= 15 is 0 Å². The summed E-state index contributed by atoms with van der Waals surface area (Å²) in [6, 6.07) is 15.4. The molecular formula is C22H24N2O2. The predicted molar refractivity (Wildman–Crippen MR) is 101 cm³/mol. The Balaban J connectivity index is 1.68. The molecule has 0 spiro atoms. The first-order valence-corrected chi connectivity index (χ1v) is 9.44. The highest BCUT2D eigenvalue weighted by molar-refractivity contribution is 5.91. The summed E-state index contributed by atoms with van der Waals surface area (Å²) >= 11 is 0. The number of hydrogen-bond acceptors (Lipinski definition) is 2. The Hall–Kier alpha value is -2.62. The molecule has 0 bridgehead atoms. The summed E-state index contributed by atoms with van der Waals surface area (Å²) in [7, 11) is 0. The molecule has 0 unspecified atom stereocenters. The molecular weight excluding hydrogens is 324 g/mol. The Labute approximate surface area is 153 Å². The molecule has 2 aromatic rings. The summed E-state index contributed by atoms with van der Waals surface area (Å²) in [6.45, 7) is 0. The molecule has 0 saturated heterocycles. The highest BCUT2D eigenvalue weighted by Gasteiger charge is 2.38. The number of primary amides is 1. The van der Waals surface area contributed by atoms with Crippen LogP contribution in [0, 0.1) is 5.92 Å². The molecule has 2 aliphatic rings. The topological polar surface area (TPSA) is 72.2 Å². The lowest BCUT2D eigenvalue weighted by Crippen LogP contribution is -2.50. The van der Waals surface area contributed by atoms with Crippen molar-refractivity contribution in [2.24, 2.45) is 11.7 Å². The van der Waals surface area contributed by atoms with Gasteiger partial charge in [0.1, 0.15) is 6.04 Å². The van der Waals surface area contributed by atoms with Gasteiger partial charge < -0.3 is 11.1 Å². The number of carbonyl (C=O) groups is 2. The van der Waals surface area contributed by atoms with Crippen molar-refractivity contribution in [3.63, 3.8) is 0 Å². The van der Waals surface area contributed by atoms with Gasteiger partial charge in [-0.25, -0.2) is 0 Å². The van der Waals surface area contributed by atoms with E-state index in [9.17, 15) is 9.59 Å². The molecule has 26 heavy (non-hydrogen) atoms. The molecule has 0 radical (unpaired) electrons. The van der Waals surface area contributed by atoms with Crippen molar-refractivity contribution in [3.05, 3.63) is 59.7 Å². The van der Waals surface area contributed by atoms with Crippen LogP contribution in [0.25, 0.3) is 11.1 Å². The molecule has 2 aliphatic carbocycles. The zero-order valence-electron chi connectivity index (χ0n) is 14.8. The molecule has 134 valence electrons. The fourth-order valence-corrected chi connectivity index (χ4v) is 4.51. The summed E-state index contributed by atoms with van der Waals surface area (Å²) in [5.74, 6) is -0.744. The minimum absolute atomic E-state index is 0.00232. The standard InChI is InChI=1S/C22H24N2O2/c23-21(25)20(24-22(26)14-8-2-1-3-9-14)19-17-12-6-4-10-15(17)16-11-5-7-13-18(16)19/h4-7,10-14,19-20H,1-3,8-9H2,(H2,23,25)(H,24,26)/t20-/m0/s1. The second kappa shape index (κ2) is 6.94. The van der Waals surface area contributed by atoms with E-state index in [4.69, 9.17) is 5.73 Å². The van der Waals surface area contributed by atoms with Crippen molar-refractivity contribution in [1.29, 1.82) is 0 Å². The zero-order valence-corrected chi connectivity index (χ0v) is 14.8. The van der Waals surface area contributed by atoms with Gasteiger partial charge in [-0.1, -0.05) is 67.8 Å². The van der Waals surface area contributed by atoms with Crippen LogP contribution in [-0.4, -0.2) is 17.9 Å². The van der Waals surface area contributed by atoms with E-state index in [0.717, 1.165) is 47.9 Å². The summed E-state index contributed by atoms with van der Waals surface area (Å²) in [5.41, 5.74) is 10.1. The van der Waals surface area contributed by atoms with Gasteiger partial charge in [0.2, 0.25) is 11.8 Å². The van der Waals surface area contributed by atoms with Crippen LogP contribution < -0.4 is 11.1 Å². The first-order valence-electron chi connectivity index (χ1n) is 9.44. The minimum Gasteiger partial charge on any atom is -0.368 e. The van der Waals surface area contributed by atoms with E-state index in [2.05, 4.69) is 17.4 Å². The van der Waals surface area contributed by atoms with E-state index in [-0.39, 0.29) is 17.7 Å². The fraction of sp³-hybridized carbons (Fsp3) is 0.364. The molecule has 2 amide bonds. The normalized spacial score (nSPS) is 18.0. The third-order valence-electron chi connectivity index (χ3n) is 5.80. The number of benzene rings is 2. The van der Waals surface area contributed by atoms with Crippen LogP contribution in [0.4, 0.5) is 0 Å². The van der Waals surface area contributed by atoms with Crippen LogP contribution in [0.5, 0.6) is 0 Å². The minimum atomic E-state index is -0.728. The van der Waals surface area contributed by atoms with Gasteiger partial charge in [-0.05, 0) is 35.1 Å². The van der Waals surface area contributed by atoms with Crippen LogP contribution in [0.2, 0.25) is 0 Å². The Morgan fingerprint density at radius 1 is 0.885 bits per heavy atom. The van der Waals surface area contributed by atoms with E-state index in [0.29, 0.717) is 0 Å². The monoisotopic (exact) mass is 348 g/mol. The molecule has 2 aromatic carbocycles. The van der Waals surface area contributed by atoms with Crippen molar-refractivity contribution < 1.29 is 9.59 Å². The highest BCUT2D eigenvalue weighted by Crippen LogP contribution is 2.46. The Morgan fingerprint density at radius 2 is 1.42 bits per heavy atom. The van der Waals surface area contributed by atoms with Gasteiger partial charge in [0.15, 0.2) is 0 Å². The second-order valence-corrected chi connectivity index (χ2v) is 7.38. The van der Waals surface area contributed by atoms with E-state index in [1.807, 2.05) is 36.4 Å². The first kappa shape index (κ1) is 16.8. The lowest BCUT2D eigenvalue weighted by atomic mass is 9.86. The van der Waals surface area contributed by atoms with E-state index in [1.165, 1.54) is 6.42 Å². The Kier molecular flexibility index (Phi) is 4.49. The van der Waals surface area contributed by atoms with Crippen LogP contribution in [0.15, 0.2) is 48.5 Å². The third-order valence-corrected chi connectivity index (χ3v) is 5.80. The summed E-state index contributed by atoms with van der Waals surface area (Å²) in [5, 5.41) is 3.00. The van der Waals surface area contributed by atoms with Crippen molar-refractivity contribution in [2.45, 2.75) is 44.1 Å². The fourth-order valence-electron chi connectivity index (χ4n) is 4.51. The average Bonchev–Trinajstić information content (AvgIpc) is 3.01. The van der Waals surface area contributed by atoms with Crippen molar-refractivity contribution in [3.8, 4) is 11.1 Å². The zero-order chi connectivity index (χ0) is 18.1. The number of fused-ring (bicyclic) bond motifs is 3. The smallest absolute Gasteiger partial charge is 0.240 e. The Bertz CT molecular complexity index is 794. The number of rotatable bonds is 4. The lowest BCUT2D eigenvalue weighted by molar-refractivity contribution is -0.130. The Morgan fingerprint density at radius 3 is 1.96 bits per heavy atom. The number of carbonyl (C=O) groups excluding carboxylic acids is 2. The van der Waals surface area contributed by atoms with Gasteiger partial charge in [-0.3, -0.25) is 9.59 Å². The van der Waals surface area contributed by atoms with Crippen LogP contribution in [0.3, 0.4) is 0 Å². The van der Waals surface area contributed by atoms with Gasteiger partial charge in [0, 0.05) is 11.8 Å². The maximum absolute atomic E-state index is 12.8. The van der Waals surface area contributed by atoms with Gasteiger partial charge in [-0.15, -0.1) is 0 Å². The van der Waals surface area contributed by atoms with E-state index in [1.54, 1.807) is 0 Å². The van der Waals surface area contributed by atoms with Gasteiger partial charge in [0.05, 0.1) is 0 Å². The molecule has 0 heterocycles. The number of amides is 2. The number of nitrogens with one attached hydrogen (secondary N) is 1. The van der Waals surface area contributed by atoms with Crippen LogP contribution in [-0.2, 0) is 9.59 Å². The largest absolute Gasteiger partial charge is 0.368 e. The molecule has 0 aromatic heterocycles. The first-order chi connectivity index (χ1) is 12.7. The summed E-state index contributed by atoms with van der Waals surface area (Å²) < 4.78 is 0. The third kappa shape index (κ3) is 2.90. The van der Waals surface area contributed by atoms with Crippen molar-refractivity contribution in [1.82, 2.24) is 5.32 Å². The van der Waals surface area contributed by atoms with Crippen LogP contribution >= 0.6 is 0 Å². The predicted octanol–water partition coefficient (Wildman–Crippen LogP) is 3.35. The summed E-state index contributed by atoms with van der Waals surface area (Å²) in [4.78, 5) is 25.1. The molecule has 0 aliphatic heterocycles. The molecule has 1 fully saturated rings. The molecule has 4 rings (SSSR count). The van der Waals surface area contributed by atoms with Gasteiger partial charge in [-0.2, -0.15) is 0 Å². The molecule has 3 N–H and O–H groups in total. The van der Waals surface area contributed by atoms with Gasteiger partial charge in [0.25, 0.3) is 0 Å². The molecule has 4 heteroatoms. The SMILES string of the molecule is NC(=O)[C@@H](NC(=O)C1CCCCC1)C1c2ccccc2-c2ccccc21. The van der Waals surface area contributed by atoms with Crippen LogP contribution in [0.1, 0.15) is 49.1 Å². The highest BCUT2D eigenvalue weighted by atomic mass is 16.2. The summed E-state index contributed by atoms with van der Waals surface area (Å²) in [6.07, 6.45) is 5.14. The average molecular weight is 348 g/mol. The van der Waals surface area contributed by atoms with Crippen molar-refractivity contribution in [2.75, 3.05) is 0 Å². The molecule has 1 saturated carbocycles. The molecule has 4 nitrogen and oxygen atoms in total. The van der Waals surface area contributed by atoms with E-state index < -0.39 is 11.9 Å². The second-order valence-electron chi connectivity index (χ2n) is 7.38. The maximum atomic E-state index is 12.8. The quantitative estimate of drug-likeness (QED) is 0.889. The number of nitrogens with two attached hydrogens (primary N) is 1. The molecule has 1 atom stereocenters.